The van der Waals surface area contributed by atoms with Gasteiger partial charge < -0.3 is 10.1 Å². The van der Waals surface area contributed by atoms with Gasteiger partial charge in [0.2, 0.25) is 0 Å². The Morgan fingerprint density at radius 3 is 2.20 bits per heavy atom. The van der Waals surface area contributed by atoms with Crippen LogP contribution in [0.2, 0.25) is 0 Å². The van der Waals surface area contributed by atoms with Crippen molar-refractivity contribution in [3.63, 3.8) is 0 Å². The molecule has 2 aliphatic heterocycles. The van der Waals surface area contributed by atoms with Crippen LogP contribution >= 0.6 is 0 Å². The molecule has 0 bridgehead atoms. The van der Waals surface area contributed by atoms with Crippen LogP contribution in [-0.2, 0) is 4.74 Å². The van der Waals surface area contributed by atoms with Crippen LogP contribution in [0.3, 0.4) is 0 Å². The lowest BCUT2D eigenvalue weighted by Gasteiger charge is -2.26. The Hall–Kier alpha value is -0.340. The highest BCUT2D eigenvalue weighted by molar-refractivity contribution is 5.23. The maximum atomic E-state index is 5.26. The number of rotatable bonds is 0. The molecule has 0 aromatic rings. The zero-order valence-electron chi connectivity index (χ0n) is 6.15. The van der Waals surface area contributed by atoms with Crippen molar-refractivity contribution in [1.29, 1.82) is 0 Å². The number of nitrogens with one attached hydrogen (secondary N) is 1. The van der Waals surface area contributed by atoms with Crippen molar-refractivity contribution in [3.05, 3.63) is 11.1 Å². The Labute approximate surface area is 61.3 Å². The van der Waals surface area contributed by atoms with E-state index in [0.717, 1.165) is 26.3 Å². The van der Waals surface area contributed by atoms with E-state index in [-0.39, 0.29) is 0 Å². The maximum absolute atomic E-state index is 5.26. The Morgan fingerprint density at radius 2 is 1.70 bits per heavy atom. The Morgan fingerprint density at radius 1 is 1.00 bits per heavy atom. The predicted octanol–water partition coefficient (Wildman–Crippen LogP) is 0.697. The maximum Gasteiger partial charge on any atom is 0.0503 e. The molecule has 56 valence electrons. The van der Waals surface area contributed by atoms with Crippen molar-refractivity contribution < 1.29 is 4.74 Å². The van der Waals surface area contributed by atoms with Gasteiger partial charge in [0.1, 0.15) is 0 Å². The van der Waals surface area contributed by atoms with Gasteiger partial charge in [-0.1, -0.05) is 5.57 Å². The lowest BCUT2D eigenvalue weighted by atomic mass is 9.97. The Bertz CT molecular complexity index is 149. The standard InChI is InChI=1S/C8H13NO/c1-3-10-4-2-7(1)8-5-9-6-8/h9H,1-6H2. The van der Waals surface area contributed by atoms with E-state index >= 15 is 0 Å². The molecule has 2 aliphatic rings. The monoisotopic (exact) mass is 139 g/mol. The Balaban J connectivity index is 2.00. The van der Waals surface area contributed by atoms with Gasteiger partial charge >= 0.3 is 0 Å². The van der Waals surface area contributed by atoms with Crippen LogP contribution in [0.15, 0.2) is 11.1 Å². The predicted molar refractivity (Wildman–Crippen MR) is 39.9 cm³/mol. The number of hydrogen-bond acceptors (Lipinski definition) is 2. The molecule has 0 radical (unpaired) electrons. The van der Waals surface area contributed by atoms with Gasteiger partial charge in [0, 0.05) is 13.1 Å². The van der Waals surface area contributed by atoms with E-state index in [2.05, 4.69) is 5.32 Å². The van der Waals surface area contributed by atoms with Crippen LogP contribution in [0.25, 0.3) is 0 Å². The van der Waals surface area contributed by atoms with Crippen molar-refractivity contribution in [3.8, 4) is 0 Å². The van der Waals surface area contributed by atoms with Gasteiger partial charge in [0.25, 0.3) is 0 Å². The van der Waals surface area contributed by atoms with Crippen LogP contribution in [0.4, 0.5) is 0 Å². The largest absolute Gasteiger partial charge is 0.381 e. The first-order valence-electron chi connectivity index (χ1n) is 3.95. The van der Waals surface area contributed by atoms with Gasteiger partial charge in [-0.3, -0.25) is 0 Å². The van der Waals surface area contributed by atoms with Crippen LogP contribution in [-0.4, -0.2) is 26.3 Å². The first-order chi connectivity index (χ1) is 4.97. The lowest BCUT2D eigenvalue weighted by molar-refractivity contribution is 0.118. The van der Waals surface area contributed by atoms with Crippen molar-refractivity contribution in [2.75, 3.05) is 26.3 Å². The highest BCUT2D eigenvalue weighted by Crippen LogP contribution is 2.19. The molecule has 0 aromatic carbocycles. The summed E-state index contributed by atoms with van der Waals surface area (Å²) in [5.74, 6) is 0. The molecule has 0 aromatic heterocycles. The summed E-state index contributed by atoms with van der Waals surface area (Å²) >= 11 is 0. The highest BCUT2D eigenvalue weighted by Gasteiger charge is 2.15. The molecule has 0 atom stereocenters. The fourth-order valence-corrected chi connectivity index (χ4v) is 1.47. The number of hydrogen-bond donors (Lipinski definition) is 1. The van der Waals surface area contributed by atoms with E-state index in [9.17, 15) is 0 Å². The van der Waals surface area contributed by atoms with E-state index in [1.165, 1.54) is 12.8 Å². The van der Waals surface area contributed by atoms with Gasteiger partial charge in [-0.05, 0) is 18.4 Å². The smallest absolute Gasteiger partial charge is 0.0503 e. The first kappa shape index (κ1) is 6.38. The molecule has 2 heterocycles. The summed E-state index contributed by atoms with van der Waals surface area (Å²) in [7, 11) is 0. The molecule has 2 saturated heterocycles. The summed E-state index contributed by atoms with van der Waals surface area (Å²) in [5, 5.41) is 3.26. The van der Waals surface area contributed by atoms with Crippen molar-refractivity contribution >= 4 is 0 Å². The second kappa shape index (κ2) is 2.72. The minimum Gasteiger partial charge on any atom is -0.381 e. The van der Waals surface area contributed by atoms with Crippen LogP contribution in [0, 0.1) is 0 Å². The first-order valence-corrected chi connectivity index (χ1v) is 3.95. The minimum atomic E-state index is 0.943. The molecule has 2 heteroatoms. The third-order valence-corrected chi connectivity index (χ3v) is 2.27. The lowest BCUT2D eigenvalue weighted by Crippen LogP contribution is -2.35. The third-order valence-electron chi connectivity index (χ3n) is 2.27. The molecular weight excluding hydrogens is 126 g/mol. The summed E-state index contributed by atoms with van der Waals surface area (Å²) in [6, 6.07) is 0. The summed E-state index contributed by atoms with van der Waals surface area (Å²) in [6.45, 7) is 4.16. The SMILES string of the molecule is C1CC(=C2CNC2)CCO1. The summed E-state index contributed by atoms with van der Waals surface area (Å²) < 4.78 is 5.26. The molecule has 0 saturated carbocycles. The average Bonchev–Trinajstić information content (AvgIpc) is 1.86. The van der Waals surface area contributed by atoms with Gasteiger partial charge in [0.15, 0.2) is 0 Å². The van der Waals surface area contributed by atoms with Crippen LogP contribution in [0.5, 0.6) is 0 Å². The second-order valence-corrected chi connectivity index (χ2v) is 2.92. The van der Waals surface area contributed by atoms with E-state index in [1.54, 1.807) is 11.1 Å². The normalized spacial score (nSPS) is 26.4. The molecule has 2 nitrogen and oxygen atoms in total. The van der Waals surface area contributed by atoms with Gasteiger partial charge in [-0.2, -0.15) is 0 Å². The van der Waals surface area contributed by atoms with E-state index in [0.29, 0.717) is 0 Å². The molecule has 2 rings (SSSR count). The topological polar surface area (TPSA) is 21.3 Å². The molecule has 10 heavy (non-hydrogen) atoms. The van der Waals surface area contributed by atoms with Crippen LogP contribution < -0.4 is 5.32 Å². The van der Waals surface area contributed by atoms with Crippen molar-refractivity contribution in [1.82, 2.24) is 5.32 Å². The van der Waals surface area contributed by atoms with Gasteiger partial charge in [0.05, 0.1) is 13.2 Å². The fraction of sp³-hybridized carbons (Fsp3) is 0.750. The average molecular weight is 139 g/mol. The number of ether oxygens (including phenoxy) is 1. The molecule has 0 amide bonds. The fourth-order valence-electron chi connectivity index (χ4n) is 1.47. The van der Waals surface area contributed by atoms with Crippen molar-refractivity contribution in [2.24, 2.45) is 0 Å². The zero-order valence-corrected chi connectivity index (χ0v) is 6.15. The minimum absolute atomic E-state index is 0.943. The summed E-state index contributed by atoms with van der Waals surface area (Å²) in [4.78, 5) is 0. The van der Waals surface area contributed by atoms with Crippen LogP contribution in [0.1, 0.15) is 12.8 Å². The highest BCUT2D eigenvalue weighted by atomic mass is 16.5. The summed E-state index contributed by atoms with van der Waals surface area (Å²) in [5.41, 5.74) is 3.30. The Kier molecular flexibility index (Phi) is 1.74. The molecule has 2 fully saturated rings. The van der Waals surface area contributed by atoms with Gasteiger partial charge in [-0.15, -0.1) is 0 Å². The van der Waals surface area contributed by atoms with Crippen molar-refractivity contribution in [2.45, 2.75) is 12.8 Å². The quantitative estimate of drug-likeness (QED) is 0.499. The zero-order chi connectivity index (χ0) is 6.81. The molecule has 0 unspecified atom stereocenters. The second-order valence-electron chi connectivity index (χ2n) is 2.92. The third kappa shape index (κ3) is 1.09. The summed E-state index contributed by atoms with van der Waals surface area (Å²) in [6.07, 6.45) is 2.36. The molecular formula is C8H13NO. The van der Waals surface area contributed by atoms with E-state index in [4.69, 9.17) is 4.74 Å². The van der Waals surface area contributed by atoms with Gasteiger partial charge in [-0.25, -0.2) is 0 Å². The van der Waals surface area contributed by atoms with E-state index < -0.39 is 0 Å². The molecule has 0 spiro atoms. The van der Waals surface area contributed by atoms with E-state index in [1.807, 2.05) is 0 Å². The molecule has 1 N–H and O–H groups in total. The molecule has 0 aliphatic carbocycles.